The Morgan fingerprint density at radius 2 is 1.67 bits per heavy atom. The summed E-state index contributed by atoms with van der Waals surface area (Å²) in [5, 5.41) is 0. The van der Waals surface area contributed by atoms with E-state index in [1.807, 2.05) is 58.2 Å². The van der Waals surface area contributed by atoms with Crippen LogP contribution in [0.3, 0.4) is 0 Å². The minimum Gasteiger partial charge on any atom is -0.338 e. The van der Waals surface area contributed by atoms with E-state index in [0.717, 1.165) is 5.56 Å². The van der Waals surface area contributed by atoms with Crippen molar-refractivity contribution in [2.45, 2.75) is 32.9 Å². The standard InChI is InChI=1S/C14H22N2O.ClH/c1-10(2)13(15)14(17)16(4)11(3)12-8-6-5-7-9-12;/h5-11,13H,15H2,1-4H3;1H/t11-,13-;/m1./s1. The van der Waals surface area contributed by atoms with Crippen LogP contribution < -0.4 is 5.73 Å². The molecule has 2 atom stereocenters. The number of rotatable bonds is 4. The van der Waals surface area contributed by atoms with Gasteiger partial charge < -0.3 is 10.6 Å². The zero-order valence-electron chi connectivity index (χ0n) is 11.5. The Bertz CT molecular complexity index is 367. The number of halogens is 1. The second-order valence-electron chi connectivity index (χ2n) is 4.81. The molecule has 0 bridgehead atoms. The number of hydrogen-bond acceptors (Lipinski definition) is 2. The van der Waals surface area contributed by atoms with Gasteiger partial charge in [0.05, 0.1) is 12.1 Å². The molecule has 102 valence electrons. The van der Waals surface area contributed by atoms with Crippen molar-refractivity contribution in [3.63, 3.8) is 0 Å². The van der Waals surface area contributed by atoms with Crippen molar-refractivity contribution >= 4 is 18.3 Å². The van der Waals surface area contributed by atoms with E-state index in [2.05, 4.69) is 0 Å². The average Bonchev–Trinajstić information content (AvgIpc) is 2.36. The summed E-state index contributed by atoms with van der Waals surface area (Å²) in [5.41, 5.74) is 7.01. The molecular formula is C14H23ClN2O. The predicted octanol–water partition coefficient (Wildman–Crippen LogP) is 2.61. The van der Waals surface area contributed by atoms with Gasteiger partial charge in [-0.2, -0.15) is 0 Å². The first-order valence-corrected chi connectivity index (χ1v) is 6.02. The van der Waals surface area contributed by atoms with Gasteiger partial charge in [0.25, 0.3) is 0 Å². The minimum atomic E-state index is -0.425. The van der Waals surface area contributed by atoms with Crippen molar-refractivity contribution in [1.29, 1.82) is 0 Å². The molecule has 0 unspecified atom stereocenters. The van der Waals surface area contributed by atoms with E-state index < -0.39 is 6.04 Å². The second-order valence-corrected chi connectivity index (χ2v) is 4.81. The zero-order chi connectivity index (χ0) is 13.0. The molecule has 0 aliphatic rings. The Morgan fingerprint density at radius 3 is 2.11 bits per heavy atom. The van der Waals surface area contributed by atoms with Gasteiger partial charge in [0, 0.05) is 7.05 Å². The largest absolute Gasteiger partial charge is 0.338 e. The maximum absolute atomic E-state index is 12.1. The summed E-state index contributed by atoms with van der Waals surface area (Å²) >= 11 is 0. The number of nitrogens with zero attached hydrogens (tertiary/aromatic N) is 1. The quantitative estimate of drug-likeness (QED) is 0.914. The van der Waals surface area contributed by atoms with Gasteiger partial charge in [-0.05, 0) is 18.4 Å². The lowest BCUT2D eigenvalue weighted by Gasteiger charge is -2.29. The maximum Gasteiger partial charge on any atom is 0.239 e. The summed E-state index contributed by atoms with van der Waals surface area (Å²) in [6, 6.07) is 9.60. The van der Waals surface area contributed by atoms with Crippen LogP contribution in [-0.2, 0) is 4.79 Å². The van der Waals surface area contributed by atoms with Crippen LogP contribution in [0.4, 0.5) is 0 Å². The zero-order valence-corrected chi connectivity index (χ0v) is 12.3. The van der Waals surface area contributed by atoms with Crippen molar-refractivity contribution in [3.8, 4) is 0 Å². The summed E-state index contributed by atoms with van der Waals surface area (Å²) in [4.78, 5) is 13.8. The van der Waals surface area contributed by atoms with Gasteiger partial charge in [0.1, 0.15) is 0 Å². The molecule has 1 rings (SSSR count). The summed E-state index contributed by atoms with van der Waals surface area (Å²) in [5.74, 6) is 0.157. The van der Waals surface area contributed by atoms with Crippen LogP contribution in [0.2, 0.25) is 0 Å². The van der Waals surface area contributed by atoms with E-state index >= 15 is 0 Å². The molecule has 2 N–H and O–H groups in total. The van der Waals surface area contributed by atoms with E-state index in [0.29, 0.717) is 0 Å². The van der Waals surface area contributed by atoms with Crippen molar-refractivity contribution in [3.05, 3.63) is 35.9 Å². The van der Waals surface area contributed by atoms with Crippen LogP contribution in [0, 0.1) is 5.92 Å². The van der Waals surface area contributed by atoms with Gasteiger partial charge in [0.2, 0.25) is 5.91 Å². The van der Waals surface area contributed by atoms with Crippen molar-refractivity contribution < 1.29 is 4.79 Å². The Kier molecular flexibility index (Phi) is 6.96. The highest BCUT2D eigenvalue weighted by atomic mass is 35.5. The Labute approximate surface area is 116 Å². The molecule has 18 heavy (non-hydrogen) atoms. The first-order chi connectivity index (χ1) is 7.95. The molecule has 1 aromatic rings. The Hall–Kier alpha value is -1.06. The third-order valence-electron chi connectivity index (χ3n) is 3.21. The molecule has 0 fully saturated rings. The molecule has 0 spiro atoms. The smallest absolute Gasteiger partial charge is 0.239 e. The number of benzene rings is 1. The minimum absolute atomic E-state index is 0. The first-order valence-electron chi connectivity index (χ1n) is 6.02. The first kappa shape index (κ1) is 16.9. The highest BCUT2D eigenvalue weighted by molar-refractivity contribution is 5.85. The van der Waals surface area contributed by atoms with Gasteiger partial charge in [-0.15, -0.1) is 12.4 Å². The third kappa shape index (κ3) is 4.00. The van der Waals surface area contributed by atoms with Crippen LogP contribution in [-0.4, -0.2) is 23.9 Å². The van der Waals surface area contributed by atoms with E-state index in [-0.39, 0.29) is 30.3 Å². The number of hydrogen-bond donors (Lipinski definition) is 1. The molecule has 3 nitrogen and oxygen atoms in total. The van der Waals surface area contributed by atoms with E-state index in [1.165, 1.54) is 0 Å². The van der Waals surface area contributed by atoms with Gasteiger partial charge in [-0.25, -0.2) is 0 Å². The highest BCUT2D eigenvalue weighted by Gasteiger charge is 2.24. The Morgan fingerprint density at radius 1 is 1.17 bits per heavy atom. The molecule has 0 aromatic heterocycles. The lowest BCUT2D eigenvalue weighted by molar-refractivity contribution is -0.134. The van der Waals surface area contributed by atoms with Crippen LogP contribution in [0.5, 0.6) is 0 Å². The number of likely N-dealkylation sites (N-methyl/N-ethyl adjacent to an activating group) is 1. The highest BCUT2D eigenvalue weighted by Crippen LogP contribution is 2.19. The normalized spacial score (nSPS) is 13.7. The van der Waals surface area contributed by atoms with Gasteiger partial charge in [-0.1, -0.05) is 44.2 Å². The van der Waals surface area contributed by atoms with Gasteiger partial charge in [-0.3, -0.25) is 4.79 Å². The third-order valence-corrected chi connectivity index (χ3v) is 3.21. The number of amides is 1. The van der Waals surface area contributed by atoms with Crippen LogP contribution in [0.25, 0.3) is 0 Å². The predicted molar refractivity (Wildman–Crippen MR) is 77.7 cm³/mol. The molecule has 0 heterocycles. The summed E-state index contributed by atoms with van der Waals surface area (Å²) in [6.45, 7) is 5.94. The molecule has 4 heteroatoms. The lowest BCUT2D eigenvalue weighted by atomic mass is 10.0. The molecule has 0 aliphatic heterocycles. The van der Waals surface area contributed by atoms with Crippen LogP contribution in [0.15, 0.2) is 30.3 Å². The fourth-order valence-electron chi connectivity index (χ4n) is 1.67. The summed E-state index contributed by atoms with van der Waals surface area (Å²) < 4.78 is 0. The molecule has 0 radical (unpaired) electrons. The van der Waals surface area contributed by atoms with Crippen LogP contribution >= 0.6 is 12.4 Å². The van der Waals surface area contributed by atoms with Gasteiger partial charge >= 0.3 is 0 Å². The molecule has 0 aliphatic carbocycles. The molecule has 0 saturated heterocycles. The Balaban J connectivity index is 0.00000289. The van der Waals surface area contributed by atoms with E-state index in [4.69, 9.17) is 5.73 Å². The number of carbonyl (C=O) groups is 1. The number of carbonyl (C=O) groups excluding carboxylic acids is 1. The molecule has 0 saturated carbocycles. The fourth-order valence-corrected chi connectivity index (χ4v) is 1.67. The lowest BCUT2D eigenvalue weighted by Crippen LogP contribution is -2.45. The molecular weight excluding hydrogens is 248 g/mol. The second kappa shape index (κ2) is 7.39. The SMILES string of the molecule is CC(C)[C@@H](N)C(=O)N(C)[C@H](C)c1ccccc1.Cl. The van der Waals surface area contributed by atoms with Crippen molar-refractivity contribution in [1.82, 2.24) is 4.90 Å². The summed E-state index contributed by atoms with van der Waals surface area (Å²) in [6.07, 6.45) is 0. The monoisotopic (exact) mass is 270 g/mol. The van der Waals surface area contributed by atoms with E-state index in [1.54, 1.807) is 4.90 Å². The summed E-state index contributed by atoms with van der Waals surface area (Å²) in [7, 11) is 1.81. The molecule has 1 amide bonds. The fraction of sp³-hybridized carbons (Fsp3) is 0.500. The average molecular weight is 271 g/mol. The van der Waals surface area contributed by atoms with Crippen molar-refractivity contribution in [2.24, 2.45) is 11.7 Å². The topological polar surface area (TPSA) is 46.3 Å². The van der Waals surface area contributed by atoms with Crippen molar-refractivity contribution in [2.75, 3.05) is 7.05 Å². The number of nitrogens with two attached hydrogens (primary N) is 1. The van der Waals surface area contributed by atoms with E-state index in [9.17, 15) is 4.79 Å². The van der Waals surface area contributed by atoms with Gasteiger partial charge in [0.15, 0.2) is 0 Å². The van der Waals surface area contributed by atoms with Crippen LogP contribution in [0.1, 0.15) is 32.4 Å². The molecule has 1 aromatic carbocycles. The maximum atomic E-state index is 12.1.